The van der Waals surface area contributed by atoms with Gasteiger partial charge in [-0.2, -0.15) is 0 Å². The van der Waals surface area contributed by atoms with Crippen LogP contribution in [0.4, 0.5) is 10.1 Å². The van der Waals surface area contributed by atoms with Crippen molar-refractivity contribution in [2.45, 2.75) is 18.4 Å². The summed E-state index contributed by atoms with van der Waals surface area (Å²) in [6.45, 7) is 1.37. The van der Waals surface area contributed by atoms with E-state index >= 15 is 0 Å². The maximum absolute atomic E-state index is 13.2. The number of hydrogen-bond acceptors (Lipinski definition) is 5. The molecular weight excluding hydrogens is 347 g/mol. The van der Waals surface area contributed by atoms with Crippen molar-refractivity contribution in [3.63, 3.8) is 0 Å². The molecule has 0 radical (unpaired) electrons. The topological polar surface area (TPSA) is 92.3 Å². The number of nitrogens with zero attached hydrogens (tertiary/aromatic N) is 3. The van der Waals surface area contributed by atoms with Crippen LogP contribution >= 0.6 is 0 Å². The Bertz CT molecular complexity index is 993. The molecule has 1 fully saturated rings. The number of carboxylic acid groups (broad SMARTS) is 1. The van der Waals surface area contributed by atoms with Crippen molar-refractivity contribution >= 4 is 22.6 Å². The normalized spacial score (nSPS) is 20.0. The van der Waals surface area contributed by atoms with E-state index in [0.29, 0.717) is 17.4 Å². The van der Waals surface area contributed by atoms with Crippen LogP contribution in [0.1, 0.15) is 28.3 Å². The molecule has 1 aromatic heterocycles. The third-order valence-electron chi connectivity index (χ3n) is 5.18. The summed E-state index contributed by atoms with van der Waals surface area (Å²) in [4.78, 5) is 21.8. The number of rotatable bonds is 3. The number of anilines is 1. The highest BCUT2D eigenvalue weighted by atomic mass is 19.1. The average molecular weight is 366 g/mol. The van der Waals surface area contributed by atoms with Gasteiger partial charge in [0.25, 0.3) is 0 Å². The van der Waals surface area contributed by atoms with Crippen LogP contribution in [0.2, 0.25) is 0 Å². The lowest BCUT2D eigenvalue weighted by molar-refractivity contribution is 0.0699. The van der Waals surface area contributed by atoms with E-state index in [2.05, 4.69) is 14.9 Å². The number of hydrogen-bond donors (Lipinski definition) is 2. The molecule has 0 spiro atoms. The summed E-state index contributed by atoms with van der Waals surface area (Å²) in [5.41, 5.74) is 8.93. The molecule has 3 aromatic rings. The van der Waals surface area contributed by atoms with Crippen molar-refractivity contribution in [3.8, 4) is 0 Å². The highest BCUT2D eigenvalue weighted by Gasteiger charge is 2.29. The SMILES string of the molecule is N[C@H]1CN(c2ccc(C(=O)O)c3ncncc23)CC[C@@H]1c1ccc(F)cc1. The fraction of sp³-hybridized carbons (Fsp3) is 0.250. The van der Waals surface area contributed by atoms with Gasteiger partial charge in [0.05, 0.1) is 11.1 Å². The Morgan fingerprint density at radius 2 is 2.00 bits per heavy atom. The predicted molar refractivity (Wildman–Crippen MR) is 100 cm³/mol. The first-order chi connectivity index (χ1) is 13.0. The number of piperidine rings is 1. The van der Waals surface area contributed by atoms with Gasteiger partial charge in [0, 0.05) is 42.3 Å². The van der Waals surface area contributed by atoms with E-state index < -0.39 is 5.97 Å². The van der Waals surface area contributed by atoms with E-state index in [4.69, 9.17) is 5.73 Å². The lowest BCUT2D eigenvalue weighted by Crippen LogP contribution is -2.47. The van der Waals surface area contributed by atoms with Gasteiger partial charge in [0.15, 0.2) is 0 Å². The van der Waals surface area contributed by atoms with E-state index in [1.165, 1.54) is 18.5 Å². The minimum atomic E-state index is -1.02. The molecule has 138 valence electrons. The Kier molecular flexibility index (Phi) is 4.45. The second-order valence-electron chi connectivity index (χ2n) is 6.78. The first-order valence-corrected chi connectivity index (χ1v) is 8.76. The molecule has 0 amide bonds. The first-order valence-electron chi connectivity index (χ1n) is 8.76. The minimum Gasteiger partial charge on any atom is -0.478 e. The summed E-state index contributed by atoms with van der Waals surface area (Å²) in [5, 5.41) is 10.1. The number of aromatic carboxylic acids is 1. The van der Waals surface area contributed by atoms with Gasteiger partial charge in [-0.15, -0.1) is 0 Å². The summed E-state index contributed by atoms with van der Waals surface area (Å²) < 4.78 is 13.2. The number of benzene rings is 2. The third-order valence-corrected chi connectivity index (χ3v) is 5.18. The van der Waals surface area contributed by atoms with Gasteiger partial charge in [-0.05, 0) is 36.2 Å². The molecule has 1 aliphatic rings. The molecule has 4 rings (SSSR count). The van der Waals surface area contributed by atoms with Crippen LogP contribution in [0, 0.1) is 5.82 Å². The number of carbonyl (C=O) groups is 1. The van der Waals surface area contributed by atoms with Gasteiger partial charge in [-0.3, -0.25) is 0 Å². The first kappa shape index (κ1) is 17.4. The summed E-state index contributed by atoms with van der Waals surface area (Å²) in [5.74, 6) is -1.12. The molecule has 0 unspecified atom stereocenters. The second kappa shape index (κ2) is 6.92. The van der Waals surface area contributed by atoms with Gasteiger partial charge in [0.2, 0.25) is 0 Å². The molecule has 27 heavy (non-hydrogen) atoms. The lowest BCUT2D eigenvalue weighted by atomic mass is 9.85. The molecule has 3 N–H and O–H groups in total. The van der Waals surface area contributed by atoms with Crippen molar-refractivity contribution in [2.24, 2.45) is 5.73 Å². The van der Waals surface area contributed by atoms with Gasteiger partial charge in [0.1, 0.15) is 12.1 Å². The van der Waals surface area contributed by atoms with Crippen LogP contribution in [0.25, 0.3) is 10.9 Å². The summed E-state index contributed by atoms with van der Waals surface area (Å²) in [6, 6.07) is 9.75. The zero-order chi connectivity index (χ0) is 19.0. The number of aromatic nitrogens is 2. The van der Waals surface area contributed by atoms with E-state index in [1.807, 2.05) is 0 Å². The van der Waals surface area contributed by atoms with Crippen LogP contribution in [-0.4, -0.2) is 40.2 Å². The fourth-order valence-corrected chi connectivity index (χ4v) is 3.84. The average Bonchev–Trinajstić information content (AvgIpc) is 2.68. The quantitative estimate of drug-likeness (QED) is 0.740. The largest absolute Gasteiger partial charge is 0.478 e. The van der Waals surface area contributed by atoms with Crippen LogP contribution in [0.5, 0.6) is 0 Å². The van der Waals surface area contributed by atoms with Crippen LogP contribution in [0.15, 0.2) is 48.9 Å². The lowest BCUT2D eigenvalue weighted by Gasteiger charge is -2.38. The molecule has 0 saturated carbocycles. The molecule has 2 atom stereocenters. The monoisotopic (exact) mass is 366 g/mol. The molecule has 2 aromatic carbocycles. The summed E-state index contributed by atoms with van der Waals surface area (Å²) >= 11 is 0. The maximum Gasteiger partial charge on any atom is 0.337 e. The minimum absolute atomic E-state index is 0.122. The number of halogens is 1. The van der Waals surface area contributed by atoms with Gasteiger partial charge < -0.3 is 15.7 Å². The van der Waals surface area contributed by atoms with E-state index in [-0.39, 0.29) is 23.3 Å². The smallest absolute Gasteiger partial charge is 0.337 e. The number of fused-ring (bicyclic) bond motifs is 1. The van der Waals surface area contributed by atoms with Gasteiger partial charge >= 0.3 is 5.97 Å². The van der Waals surface area contributed by atoms with Crippen molar-refractivity contribution in [3.05, 3.63) is 65.9 Å². The van der Waals surface area contributed by atoms with E-state index in [1.54, 1.807) is 30.5 Å². The molecule has 1 aliphatic heterocycles. The third kappa shape index (κ3) is 3.21. The van der Waals surface area contributed by atoms with E-state index in [9.17, 15) is 14.3 Å². The van der Waals surface area contributed by atoms with Gasteiger partial charge in [-0.25, -0.2) is 19.2 Å². The Balaban J connectivity index is 1.63. The fourth-order valence-electron chi connectivity index (χ4n) is 3.84. The van der Waals surface area contributed by atoms with Crippen molar-refractivity contribution in [1.82, 2.24) is 9.97 Å². The predicted octanol–water partition coefficient (Wildman–Crippen LogP) is 2.79. The van der Waals surface area contributed by atoms with Crippen molar-refractivity contribution in [1.29, 1.82) is 0 Å². The molecule has 0 bridgehead atoms. The Hall–Kier alpha value is -3.06. The standard InChI is InChI=1S/C20H19FN4O2/c21-13-3-1-12(2-4-13)14-7-8-25(10-17(14)22)18-6-5-15(20(26)27)19-16(18)9-23-11-24-19/h1-6,9,11,14,17H,7-8,10,22H2,(H,26,27)/t14-,17+/m1/s1. The number of carboxylic acids is 1. The Morgan fingerprint density at radius 3 is 2.70 bits per heavy atom. The molecule has 0 aliphatic carbocycles. The van der Waals surface area contributed by atoms with Gasteiger partial charge in [-0.1, -0.05) is 12.1 Å². The molecular formula is C20H19FN4O2. The van der Waals surface area contributed by atoms with Crippen LogP contribution in [-0.2, 0) is 0 Å². The van der Waals surface area contributed by atoms with Crippen molar-refractivity contribution in [2.75, 3.05) is 18.0 Å². The maximum atomic E-state index is 13.2. The zero-order valence-electron chi connectivity index (χ0n) is 14.5. The Morgan fingerprint density at radius 1 is 1.22 bits per heavy atom. The molecule has 7 heteroatoms. The van der Waals surface area contributed by atoms with Crippen LogP contribution < -0.4 is 10.6 Å². The summed E-state index contributed by atoms with van der Waals surface area (Å²) in [6.07, 6.45) is 3.81. The second-order valence-corrected chi connectivity index (χ2v) is 6.78. The summed E-state index contributed by atoms with van der Waals surface area (Å²) in [7, 11) is 0. The zero-order valence-corrected chi connectivity index (χ0v) is 14.5. The highest BCUT2D eigenvalue weighted by molar-refractivity contribution is 6.05. The highest BCUT2D eigenvalue weighted by Crippen LogP contribution is 2.33. The molecule has 2 heterocycles. The molecule has 1 saturated heterocycles. The number of nitrogens with two attached hydrogens (primary N) is 1. The van der Waals surface area contributed by atoms with Crippen LogP contribution in [0.3, 0.4) is 0 Å². The molecule has 6 nitrogen and oxygen atoms in total. The Labute approximate surface area is 155 Å². The van der Waals surface area contributed by atoms with Crippen molar-refractivity contribution < 1.29 is 14.3 Å². The van der Waals surface area contributed by atoms with E-state index in [0.717, 1.165) is 24.2 Å².